The van der Waals surface area contributed by atoms with E-state index in [9.17, 15) is 5.11 Å². The summed E-state index contributed by atoms with van der Waals surface area (Å²) in [6.45, 7) is 0. The second-order valence-electron chi connectivity index (χ2n) is 5.32. The van der Waals surface area contributed by atoms with Crippen molar-refractivity contribution in [2.75, 3.05) is 0 Å². The van der Waals surface area contributed by atoms with Crippen LogP contribution in [0.3, 0.4) is 0 Å². The van der Waals surface area contributed by atoms with Gasteiger partial charge in [-0.2, -0.15) is 0 Å². The normalized spacial score (nSPS) is 13.0. The van der Waals surface area contributed by atoms with Gasteiger partial charge in [0.1, 0.15) is 5.75 Å². The Morgan fingerprint density at radius 1 is 0.762 bits per heavy atom. The summed E-state index contributed by atoms with van der Waals surface area (Å²) in [6, 6.07) is 22.9. The molecule has 4 rings (SSSR count). The third-order valence-corrected chi connectivity index (χ3v) is 4.77. The van der Waals surface area contributed by atoms with E-state index in [1.54, 1.807) is 6.07 Å². The first-order chi connectivity index (χ1) is 10.3. The molecule has 0 atom stereocenters. The van der Waals surface area contributed by atoms with Crippen LogP contribution in [-0.4, -0.2) is 5.11 Å². The third kappa shape index (κ3) is 1.90. The van der Waals surface area contributed by atoms with Gasteiger partial charge in [-0.25, -0.2) is 0 Å². The molecule has 3 aromatic rings. The van der Waals surface area contributed by atoms with Crippen LogP contribution in [0.1, 0.15) is 22.6 Å². The Labute approximate surface area is 132 Å². The lowest BCUT2D eigenvalue weighted by Gasteiger charge is -2.15. The van der Waals surface area contributed by atoms with Gasteiger partial charge in [0, 0.05) is 5.92 Å². The Hall–Kier alpha value is -2.06. The van der Waals surface area contributed by atoms with Crippen molar-refractivity contribution in [3.05, 3.63) is 87.9 Å². The number of hydrogen-bond acceptors (Lipinski definition) is 1. The van der Waals surface area contributed by atoms with E-state index in [1.807, 2.05) is 12.1 Å². The highest BCUT2D eigenvalue weighted by molar-refractivity contribution is 9.10. The summed E-state index contributed by atoms with van der Waals surface area (Å²) in [5, 5.41) is 9.73. The lowest BCUT2D eigenvalue weighted by molar-refractivity contribution is 0.471. The molecule has 0 radical (unpaired) electrons. The molecule has 1 N–H and O–H groups in total. The Bertz CT molecular complexity index is 793. The van der Waals surface area contributed by atoms with E-state index in [4.69, 9.17) is 0 Å². The lowest BCUT2D eigenvalue weighted by Crippen LogP contribution is -1.98. The number of hydrogen-bond donors (Lipinski definition) is 1. The monoisotopic (exact) mass is 336 g/mol. The molecular formula is C19H13BrO. The highest BCUT2D eigenvalue weighted by atomic mass is 79.9. The fourth-order valence-corrected chi connectivity index (χ4v) is 3.61. The van der Waals surface area contributed by atoms with Gasteiger partial charge in [0.05, 0.1) is 4.47 Å². The van der Waals surface area contributed by atoms with Crippen molar-refractivity contribution < 1.29 is 5.11 Å². The zero-order valence-electron chi connectivity index (χ0n) is 11.3. The van der Waals surface area contributed by atoms with E-state index in [-0.39, 0.29) is 11.7 Å². The molecule has 0 spiro atoms. The van der Waals surface area contributed by atoms with E-state index in [2.05, 4.69) is 64.5 Å². The van der Waals surface area contributed by atoms with Crippen LogP contribution in [-0.2, 0) is 0 Å². The highest BCUT2D eigenvalue weighted by Crippen LogP contribution is 2.48. The minimum atomic E-state index is 0.231. The Morgan fingerprint density at radius 2 is 1.33 bits per heavy atom. The van der Waals surface area contributed by atoms with Crippen LogP contribution in [0.2, 0.25) is 0 Å². The fraction of sp³-hybridized carbons (Fsp3) is 0.0526. The van der Waals surface area contributed by atoms with Crippen LogP contribution in [0, 0.1) is 0 Å². The first-order valence-electron chi connectivity index (χ1n) is 6.92. The summed E-state index contributed by atoms with van der Waals surface area (Å²) in [7, 11) is 0. The van der Waals surface area contributed by atoms with Crippen molar-refractivity contribution in [1.82, 2.24) is 0 Å². The van der Waals surface area contributed by atoms with E-state index in [0.29, 0.717) is 0 Å². The first-order valence-corrected chi connectivity index (χ1v) is 7.71. The van der Waals surface area contributed by atoms with E-state index >= 15 is 0 Å². The number of benzene rings is 3. The number of aromatic hydroxyl groups is 1. The van der Waals surface area contributed by atoms with Gasteiger partial charge in [0.25, 0.3) is 0 Å². The lowest BCUT2D eigenvalue weighted by atomic mass is 9.89. The van der Waals surface area contributed by atoms with Crippen molar-refractivity contribution in [3.63, 3.8) is 0 Å². The standard InChI is InChI=1S/C19H13BrO/c20-17-11-12(9-10-18(17)21)19-15-7-3-1-5-13(15)14-6-2-4-8-16(14)19/h1-11,19,21H. The third-order valence-electron chi connectivity index (χ3n) is 4.14. The summed E-state index contributed by atoms with van der Waals surface area (Å²) >= 11 is 3.42. The minimum Gasteiger partial charge on any atom is -0.507 e. The molecule has 0 aromatic heterocycles. The quantitative estimate of drug-likeness (QED) is 0.499. The second-order valence-corrected chi connectivity index (χ2v) is 6.17. The zero-order chi connectivity index (χ0) is 14.4. The molecule has 0 bridgehead atoms. The van der Waals surface area contributed by atoms with Crippen LogP contribution in [0.4, 0.5) is 0 Å². The van der Waals surface area contributed by atoms with Crippen molar-refractivity contribution >= 4 is 15.9 Å². The average molecular weight is 337 g/mol. The summed E-state index contributed by atoms with van der Waals surface area (Å²) in [6.07, 6.45) is 0. The van der Waals surface area contributed by atoms with Crippen molar-refractivity contribution in [1.29, 1.82) is 0 Å². The van der Waals surface area contributed by atoms with Crippen molar-refractivity contribution in [2.45, 2.75) is 5.92 Å². The van der Waals surface area contributed by atoms with Crippen LogP contribution in [0.5, 0.6) is 5.75 Å². The van der Waals surface area contributed by atoms with Crippen LogP contribution >= 0.6 is 15.9 Å². The predicted molar refractivity (Wildman–Crippen MR) is 88.6 cm³/mol. The summed E-state index contributed by atoms with van der Waals surface area (Å²) in [5.74, 6) is 0.507. The Balaban J connectivity index is 1.98. The van der Waals surface area contributed by atoms with E-state index < -0.39 is 0 Å². The largest absolute Gasteiger partial charge is 0.507 e. The molecule has 1 aliphatic rings. The molecule has 0 saturated carbocycles. The highest BCUT2D eigenvalue weighted by Gasteiger charge is 2.29. The molecular weight excluding hydrogens is 324 g/mol. The molecule has 21 heavy (non-hydrogen) atoms. The summed E-state index contributed by atoms with van der Waals surface area (Å²) in [5.41, 5.74) is 6.47. The maximum atomic E-state index is 9.73. The molecule has 102 valence electrons. The molecule has 0 heterocycles. The topological polar surface area (TPSA) is 20.2 Å². The number of halogens is 1. The number of rotatable bonds is 1. The van der Waals surface area contributed by atoms with Gasteiger partial charge in [0.15, 0.2) is 0 Å². The van der Waals surface area contributed by atoms with Gasteiger partial charge in [-0.3, -0.25) is 0 Å². The molecule has 0 unspecified atom stereocenters. The molecule has 0 amide bonds. The first kappa shape index (κ1) is 12.7. The maximum Gasteiger partial charge on any atom is 0.129 e. The number of fused-ring (bicyclic) bond motifs is 3. The number of phenols is 1. The molecule has 1 aliphatic carbocycles. The van der Waals surface area contributed by atoms with E-state index in [1.165, 1.54) is 27.8 Å². The van der Waals surface area contributed by atoms with E-state index in [0.717, 1.165) is 4.47 Å². The van der Waals surface area contributed by atoms with Crippen molar-refractivity contribution in [3.8, 4) is 16.9 Å². The van der Waals surface area contributed by atoms with Crippen LogP contribution < -0.4 is 0 Å². The molecule has 0 fully saturated rings. The van der Waals surface area contributed by atoms with Crippen LogP contribution in [0.25, 0.3) is 11.1 Å². The predicted octanol–water partition coefficient (Wildman–Crippen LogP) is 5.32. The smallest absolute Gasteiger partial charge is 0.129 e. The molecule has 0 aliphatic heterocycles. The molecule has 3 aromatic carbocycles. The van der Waals surface area contributed by atoms with Crippen molar-refractivity contribution in [2.24, 2.45) is 0 Å². The van der Waals surface area contributed by atoms with Gasteiger partial charge >= 0.3 is 0 Å². The molecule has 0 saturated heterocycles. The SMILES string of the molecule is Oc1ccc(C2c3ccccc3-c3ccccc32)cc1Br. The number of phenolic OH excluding ortho intramolecular Hbond substituents is 1. The molecule has 2 heteroatoms. The van der Waals surface area contributed by atoms with Gasteiger partial charge in [0.2, 0.25) is 0 Å². The summed E-state index contributed by atoms with van der Waals surface area (Å²) < 4.78 is 0.738. The fourth-order valence-electron chi connectivity index (χ4n) is 3.22. The average Bonchev–Trinajstić information content (AvgIpc) is 2.85. The second kappa shape index (κ2) is 4.74. The Kier molecular flexibility index (Phi) is 2.86. The maximum absolute atomic E-state index is 9.73. The Morgan fingerprint density at radius 3 is 1.90 bits per heavy atom. The zero-order valence-corrected chi connectivity index (χ0v) is 12.8. The van der Waals surface area contributed by atoms with Gasteiger partial charge in [-0.05, 0) is 55.9 Å². The van der Waals surface area contributed by atoms with Gasteiger partial charge in [-0.1, -0.05) is 54.6 Å². The molecule has 1 nitrogen and oxygen atoms in total. The van der Waals surface area contributed by atoms with Crippen LogP contribution in [0.15, 0.2) is 71.2 Å². The minimum absolute atomic E-state index is 0.231. The van der Waals surface area contributed by atoms with Gasteiger partial charge < -0.3 is 5.11 Å². The summed E-state index contributed by atoms with van der Waals surface area (Å²) in [4.78, 5) is 0. The van der Waals surface area contributed by atoms with Gasteiger partial charge in [-0.15, -0.1) is 0 Å².